The summed E-state index contributed by atoms with van der Waals surface area (Å²) in [4.78, 5) is 25.6. The molecule has 0 bridgehead atoms. The van der Waals surface area contributed by atoms with Gasteiger partial charge in [-0.05, 0) is 25.7 Å². The summed E-state index contributed by atoms with van der Waals surface area (Å²) in [5.74, 6) is 0. The Balaban J connectivity index is -0.000000250. The van der Waals surface area contributed by atoms with Crippen LogP contribution in [-0.2, 0) is 4.57 Å². The quantitative estimate of drug-likeness (QED) is 0.310. The number of phosphoric acid groups is 1. The van der Waals surface area contributed by atoms with Crippen LogP contribution in [-0.4, -0.2) is 31.7 Å². The first-order valence-electron chi connectivity index (χ1n) is 8.67. The van der Waals surface area contributed by atoms with Crippen molar-refractivity contribution in [1.82, 2.24) is 0 Å². The Morgan fingerprint density at radius 1 is 0.727 bits per heavy atom. The van der Waals surface area contributed by atoms with Crippen LogP contribution in [0, 0.1) is 0 Å². The molecule has 0 aliphatic rings. The van der Waals surface area contributed by atoms with Crippen molar-refractivity contribution >= 4 is 7.82 Å². The molecule has 0 unspecified atom stereocenters. The lowest BCUT2D eigenvalue weighted by atomic mass is 10.1. The molecular weight excluding hydrogens is 301 g/mol. The van der Waals surface area contributed by atoms with Crippen molar-refractivity contribution in [2.45, 2.75) is 78.1 Å². The van der Waals surface area contributed by atoms with E-state index in [9.17, 15) is 0 Å². The van der Waals surface area contributed by atoms with Crippen LogP contribution in [0.4, 0.5) is 0 Å². The molecule has 0 amide bonds. The molecule has 0 saturated carbocycles. The van der Waals surface area contributed by atoms with Crippen molar-refractivity contribution in [1.29, 1.82) is 0 Å². The van der Waals surface area contributed by atoms with Crippen molar-refractivity contribution in [2.75, 3.05) is 27.2 Å². The average molecular weight is 339 g/mol. The normalized spacial score (nSPS) is 12.0. The Morgan fingerprint density at radius 2 is 1.00 bits per heavy atom. The van der Waals surface area contributed by atoms with Gasteiger partial charge >= 0.3 is 2.85 Å². The maximum Gasteiger partial charge on any atom is 1.00 e. The van der Waals surface area contributed by atoms with Crippen LogP contribution in [0.2, 0.25) is 0 Å². The van der Waals surface area contributed by atoms with Crippen molar-refractivity contribution in [3.8, 4) is 0 Å². The minimum atomic E-state index is -5.39. The van der Waals surface area contributed by atoms with E-state index in [0.717, 1.165) is 0 Å². The molecule has 0 radical (unpaired) electrons. The summed E-state index contributed by atoms with van der Waals surface area (Å²) in [6.07, 6.45) is 14.1. The molecule has 22 heavy (non-hydrogen) atoms. The fourth-order valence-electron chi connectivity index (χ4n) is 2.40. The summed E-state index contributed by atoms with van der Waals surface area (Å²) >= 11 is 0. The monoisotopic (exact) mass is 339 g/mol. The second-order valence-corrected chi connectivity index (χ2v) is 7.55. The van der Waals surface area contributed by atoms with Gasteiger partial charge in [-0.2, -0.15) is 7.82 Å². The summed E-state index contributed by atoms with van der Waals surface area (Å²) in [6, 6.07) is 0. The van der Waals surface area contributed by atoms with Gasteiger partial charge in [-0.25, -0.2) is 0 Å². The number of rotatable bonds is 12. The van der Waals surface area contributed by atoms with Crippen molar-refractivity contribution in [3.05, 3.63) is 0 Å². The first-order valence-corrected chi connectivity index (χ1v) is 10.1. The van der Waals surface area contributed by atoms with E-state index in [1.165, 1.54) is 81.8 Å². The molecule has 136 valence electrons. The van der Waals surface area contributed by atoms with Crippen LogP contribution in [0.3, 0.4) is 0 Å². The summed E-state index contributed by atoms with van der Waals surface area (Å²) in [5.41, 5.74) is 0. The average Bonchev–Trinajstić information content (AvgIpc) is 2.37. The Bertz CT molecular complexity index is 281. The van der Waals surface area contributed by atoms with Crippen molar-refractivity contribution < 1.29 is 26.6 Å². The van der Waals surface area contributed by atoms with E-state index < -0.39 is 7.82 Å². The van der Waals surface area contributed by atoms with Gasteiger partial charge in [0.05, 0.1) is 27.2 Å². The third-order valence-electron chi connectivity index (χ3n) is 3.73. The van der Waals surface area contributed by atoms with E-state index in [4.69, 9.17) is 19.2 Å². The first-order chi connectivity index (χ1) is 10.1. The molecule has 5 nitrogen and oxygen atoms in total. The Kier molecular flexibility index (Phi) is 16.2. The summed E-state index contributed by atoms with van der Waals surface area (Å²) < 4.78 is 9.78. The number of nitrogens with zero attached hydrogens (tertiary/aromatic N) is 1. The van der Waals surface area contributed by atoms with E-state index in [1.807, 2.05) is 0 Å². The van der Waals surface area contributed by atoms with E-state index >= 15 is 0 Å². The largest absolute Gasteiger partial charge is 1.00 e. The lowest BCUT2D eigenvalue weighted by Crippen LogP contribution is -2.41. The zero-order chi connectivity index (χ0) is 17.5. The Labute approximate surface area is 140 Å². The highest BCUT2D eigenvalue weighted by atomic mass is 31.2. The molecule has 0 spiro atoms. The Morgan fingerprint density at radius 3 is 1.36 bits per heavy atom. The topological polar surface area (TPSA) is 86.2 Å². The fourth-order valence-corrected chi connectivity index (χ4v) is 2.40. The van der Waals surface area contributed by atoms with Crippen molar-refractivity contribution in [3.63, 3.8) is 0 Å². The van der Waals surface area contributed by atoms with Gasteiger partial charge in [0, 0.05) is 0 Å². The lowest BCUT2D eigenvalue weighted by Gasteiger charge is -2.36. The molecule has 0 rings (SSSR count). The maximum atomic E-state index is 8.55. The lowest BCUT2D eigenvalue weighted by molar-refractivity contribution is -0.890. The molecule has 0 aliphatic heterocycles. The molecule has 0 N–H and O–H groups in total. The molecule has 0 saturated heterocycles. The number of quaternary nitrogens is 1. The molecule has 0 aliphatic carbocycles. The molecule has 0 fully saturated rings. The minimum Gasteiger partial charge on any atom is -0.822 e. The number of hydrogen-bond acceptors (Lipinski definition) is 4. The van der Waals surface area contributed by atoms with Crippen LogP contribution < -0.4 is 14.7 Å². The van der Waals surface area contributed by atoms with Gasteiger partial charge < -0.3 is 23.7 Å². The highest BCUT2D eigenvalue weighted by molar-refractivity contribution is 7.40. The number of hydrogen-bond donors (Lipinski definition) is 0. The van der Waals surface area contributed by atoms with E-state index in [2.05, 4.69) is 27.9 Å². The summed E-state index contributed by atoms with van der Waals surface area (Å²) in [5, 5.41) is 0. The zero-order valence-electron chi connectivity index (χ0n) is 17.0. The standard InChI is InChI=1S/C16H36N.H3O4P/c1-5-7-9-11-12-14-16-17(3,4)15-13-10-8-6-2;1-5(2,3)4/h5-16H2,1-4H3;(H3,1,2,3,4)/q+1;/p-1. The van der Waals surface area contributed by atoms with Gasteiger partial charge in [0.2, 0.25) is 0 Å². The highest BCUT2D eigenvalue weighted by Gasteiger charge is 2.13. The zero-order valence-corrected chi connectivity index (χ0v) is 15.9. The van der Waals surface area contributed by atoms with E-state index in [-0.39, 0.29) is 2.85 Å². The van der Waals surface area contributed by atoms with Crippen LogP contribution in [0.15, 0.2) is 0 Å². The molecular formula is C16H38NO4P. The first kappa shape index (κ1) is 24.3. The second-order valence-electron chi connectivity index (χ2n) is 6.66. The van der Waals surface area contributed by atoms with Crippen LogP contribution >= 0.6 is 7.82 Å². The van der Waals surface area contributed by atoms with Crippen LogP contribution in [0.5, 0.6) is 0 Å². The molecule has 0 atom stereocenters. The summed E-state index contributed by atoms with van der Waals surface area (Å²) in [6.45, 7) is 7.32. The van der Waals surface area contributed by atoms with Gasteiger partial charge in [-0.15, -0.1) is 0 Å². The van der Waals surface area contributed by atoms with Crippen molar-refractivity contribution in [2.24, 2.45) is 0 Å². The molecule has 0 aromatic rings. The molecule has 0 heterocycles. The van der Waals surface area contributed by atoms with Crippen LogP contribution in [0.1, 0.15) is 80.9 Å². The SMILES string of the molecule is CCCCCCCC[N+](C)(C)CCCCCC.O=P([O-])([O-])[O-].[H+].[H+]. The number of unbranched alkanes of at least 4 members (excludes halogenated alkanes) is 8. The molecule has 0 aromatic heterocycles. The van der Waals surface area contributed by atoms with Gasteiger partial charge in [0.15, 0.2) is 0 Å². The fraction of sp³-hybridized carbons (Fsp3) is 1.00. The third-order valence-corrected chi connectivity index (χ3v) is 3.73. The van der Waals surface area contributed by atoms with Gasteiger partial charge in [0.25, 0.3) is 0 Å². The van der Waals surface area contributed by atoms with Gasteiger partial charge in [0.1, 0.15) is 0 Å². The predicted molar refractivity (Wildman–Crippen MR) is 89.2 cm³/mol. The minimum absolute atomic E-state index is 0. The van der Waals surface area contributed by atoms with Crippen LogP contribution in [0.25, 0.3) is 0 Å². The Hall–Kier alpha value is 0.0700. The summed E-state index contributed by atoms with van der Waals surface area (Å²) in [7, 11) is -0.587. The smallest absolute Gasteiger partial charge is 0.822 e. The van der Waals surface area contributed by atoms with E-state index in [1.54, 1.807) is 0 Å². The van der Waals surface area contributed by atoms with Gasteiger partial charge in [-0.1, -0.05) is 52.4 Å². The molecule has 6 heteroatoms. The third kappa shape index (κ3) is 28.3. The van der Waals surface area contributed by atoms with Gasteiger partial charge in [-0.3, -0.25) is 0 Å². The maximum absolute atomic E-state index is 8.55. The predicted octanol–water partition coefficient (Wildman–Crippen LogP) is 2.40. The highest BCUT2D eigenvalue weighted by Crippen LogP contribution is 2.10. The second kappa shape index (κ2) is 14.6. The molecule has 0 aromatic carbocycles. The van der Waals surface area contributed by atoms with E-state index in [0.29, 0.717) is 0 Å².